The van der Waals surface area contributed by atoms with Crippen molar-refractivity contribution in [3.05, 3.63) is 36.0 Å². The second-order valence-corrected chi connectivity index (χ2v) is 3.82. The minimum atomic E-state index is 1.19. The van der Waals surface area contributed by atoms with Crippen LogP contribution in [0.4, 0.5) is 0 Å². The second-order valence-electron chi connectivity index (χ2n) is 3.82. The fourth-order valence-corrected chi connectivity index (χ4v) is 2.33. The van der Waals surface area contributed by atoms with Crippen LogP contribution in [-0.2, 0) is 13.0 Å². The molecule has 0 spiro atoms. The molecule has 0 amide bonds. The predicted molar refractivity (Wildman–Crippen MR) is 54.9 cm³/mol. The van der Waals surface area contributed by atoms with Gasteiger partial charge in [-0.1, -0.05) is 18.2 Å². The number of aryl methyl sites for hydroxylation is 2. The van der Waals surface area contributed by atoms with Crippen LogP contribution in [0.15, 0.2) is 30.5 Å². The van der Waals surface area contributed by atoms with Crippen molar-refractivity contribution in [2.45, 2.75) is 25.8 Å². The third-order valence-electron chi connectivity index (χ3n) is 2.97. The maximum atomic E-state index is 2.40. The van der Waals surface area contributed by atoms with Gasteiger partial charge in [-0.2, -0.15) is 0 Å². The molecular weight excluding hydrogens is 158 g/mol. The van der Waals surface area contributed by atoms with Crippen molar-refractivity contribution in [1.82, 2.24) is 4.57 Å². The molecule has 0 N–H and O–H groups in total. The standard InChI is InChI=1S/C12H13N/c1-2-8-13-9-7-11-6-3-5-10(4-1)12(11)13/h3,5-7,9H,1-2,4,8H2. The molecule has 1 heteroatoms. The van der Waals surface area contributed by atoms with Gasteiger partial charge < -0.3 is 4.57 Å². The molecule has 1 nitrogen and oxygen atoms in total. The van der Waals surface area contributed by atoms with Gasteiger partial charge in [0.1, 0.15) is 0 Å². The van der Waals surface area contributed by atoms with Gasteiger partial charge in [-0.3, -0.25) is 0 Å². The highest BCUT2D eigenvalue weighted by Gasteiger charge is 2.09. The number of aromatic nitrogens is 1. The Morgan fingerprint density at radius 1 is 1.08 bits per heavy atom. The molecule has 3 rings (SSSR count). The summed E-state index contributed by atoms with van der Waals surface area (Å²) in [5.74, 6) is 0. The first kappa shape index (κ1) is 7.19. The van der Waals surface area contributed by atoms with E-state index in [9.17, 15) is 0 Å². The normalized spacial score (nSPS) is 16.0. The van der Waals surface area contributed by atoms with Crippen LogP contribution in [0.3, 0.4) is 0 Å². The van der Waals surface area contributed by atoms with E-state index in [1.54, 1.807) is 0 Å². The van der Waals surface area contributed by atoms with Crippen LogP contribution in [0.2, 0.25) is 0 Å². The first-order valence-electron chi connectivity index (χ1n) is 5.02. The van der Waals surface area contributed by atoms with Crippen molar-refractivity contribution in [3.8, 4) is 0 Å². The number of hydrogen-bond acceptors (Lipinski definition) is 0. The largest absolute Gasteiger partial charge is 0.347 e. The van der Waals surface area contributed by atoms with Crippen LogP contribution < -0.4 is 0 Å². The molecule has 0 fully saturated rings. The smallest absolute Gasteiger partial charge is 0.0512 e. The maximum absolute atomic E-state index is 2.40. The molecule has 1 aliphatic heterocycles. The zero-order valence-electron chi connectivity index (χ0n) is 7.66. The Hall–Kier alpha value is -1.24. The van der Waals surface area contributed by atoms with E-state index in [-0.39, 0.29) is 0 Å². The van der Waals surface area contributed by atoms with Gasteiger partial charge >= 0.3 is 0 Å². The number of rotatable bonds is 0. The molecule has 1 aliphatic rings. The molecule has 0 aliphatic carbocycles. The summed E-state index contributed by atoms with van der Waals surface area (Å²) in [6, 6.07) is 8.88. The summed E-state index contributed by atoms with van der Waals surface area (Å²) in [6.07, 6.45) is 6.13. The number of benzene rings is 1. The van der Waals surface area contributed by atoms with Crippen molar-refractivity contribution in [3.63, 3.8) is 0 Å². The van der Waals surface area contributed by atoms with Gasteiger partial charge in [0.2, 0.25) is 0 Å². The van der Waals surface area contributed by atoms with Gasteiger partial charge in [-0.15, -0.1) is 0 Å². The van der Waals surface area contributed by atoms with Gasteiger partial charge in [0.25, 0.3) is 0 Å². The summed E-state index contributed by atoms with van der Waals surface area (Å²) in [5, 5.41) is 1.40. The predicted octanol–water partition coefficient (Wildman–Crippen LogP) is 2.98. The molecule has 0 unspecified atom stereocenters. The van der Waals surface area contributed by atoms with Gasteiger partial charge in [-0.25, -0.2) is 0 Å². The topological polar surface area (TPSA) is 4.93 Å². The van der Waals surface area contributed by atoms with Crippen molar-refractivity contribution in [2.24, 2.45) is 0 Å². The fourth-order valence-electron chi connectivity index (χ4n) is 2.33. The lowest BCUT2D eigenvalue weighted by Gasteiger charge is -2.02. The van der Waals surface area contributed by atoms with Crippen molar-refractivity contribution < 1.29 is 0 Å². The van der Waals surface area contributed by atoms with Gasteiger partial charge in [0.15, 0.2) is 0 Å². The molecule has 66 valence electrons. The highest BCUT2D eigenvalue weighted by molar-refractivity contribution is 5.83. The molecule has 1 aromatic carbocycles. The average Bonchev–Trinajstić information content (AvgIpc) is 2.44. The highest BCUT2D eigenvalue weighted by atomic mass is 15.0. The Morgan fingerprint density at radius 2 is 2.08 bits per heavy atom. The lowest BCUT2D eigenvalue weighted by Crippen LogP contribution is -1.92. The number of nitrogens with zero attached hydrogens (tertiary/aromatic N) is 1. The molecular formula is C12H13N. The SMILES string of the molecule is c1cc2c3c(c1)ccn3CCCC2. The van der Waals surface area contributed by atoms with Crippen molar-refractivity contribution >= 4 is 10.9 Å². The minimum Gasteiger partial charge on any atom is -0.347 e. The number of para-hydroxylation sites is 1. The fraction of sp³-hybridized carbons (Fsp3) is 0.333. The molecule has 1 aromatic heterocycles. The second kappa shape index (κ2) is 2.63. The lowest BCUT2D eigenvalue weighted by atomic mass is 10.1. The molecule has 0 radical (unpaired) electrons. The highest BCUT2D eigenvalue weighted by Crippen LogP contribution is 2.24. The van der Waals surface area contributed by atoms with E-state index in [1.165, 1.54) is 42.3 Å². The first-order valence-corrected chi connectivity index (χ1v) is 5.02. The Morgan fingerprint density at radius 3 is 3.08 bits per heavy atom. The average molecular weight is 171 g/mol. The summed E-state index contributed by atoms with van der Waals surface area (Å²) >= 11 is 0. The molecule has 0 bridgehead atoms. The van der Waals surface area contributed by atoms with E-state index >= 15 is 0 Å². The Balaban J connectivity index is 2.40. The first-order chi connectivity index (χ1) is 6.45. The summed E-state index contributed by atoms with van der Waals surface area (Å²) in [7, 11) is 0. The Bertz CT molecular complexity index is 439. The van der Waals surface area contributed by atoms with Crippen LogP contribution in [0.5, 0.6) is 0 Å². The summed E-state index contributed by atoms with van der Waals surface area (Å²) in [4.78, 5) is 0. The molecule has 0 atom stereocenters. The van der Waals surface area contributed by atoms with Crippen LogP contribution in [0.25, 0.3) is 10.9 Å². The Labute approximate surface area is 78.0 Å². The molecule has 2 heterocycles. The van der Waals surface area contributed by atoms with Crippen LogP contribution in [0, 0.1) is 0 Å². The van der Waals surface area contributed by atoms with Crippen LogP contribution >= 0.6 is 0 Å². The zero-order chi connectivity index (χ0) is 8.67. The summed E-state index contributed by atoms with van der Waals surface area (Å²) in [5.41, 5.74) is 3.00. The molecule has 0 saturated carbocycles. The third kappa shape index (κ3) is 0.998. The van der Waals surface area contributed by atoms with Crippen molar-refractivity contribution in [1.29, 1.82) is 0 Å². The quantitative estimate of drug-likeness (QED) is 0.574. The zero-order valence-corrected chi connectivity index (χ0v) is 7.66. The number of hydrogen-bond donors (Lipinski definition) is 0. The minimum absolute atomic E-state index is 1.19. The Kier molecular flexibility index (Phi) is 1.45. The molecule has 13 heavy (non-hydrogen) atoms. The van der Waals surface area contributed by atoms with E-state index in [1.807, 2.05) is 0 Å². The van der Waals surface area contributed by atoms with E-state index in [0.717, 1.165) is 0 Å². The molecule has 0 saturated heterocycles. The van der Waals surface area contributed by atoms with E-state index < -0.39 is 0 Å². The maximum Gasteiger partial charge on any atom is 0.0512 e. The van der Waals surface area contributed by atoms with Crippen molar-refractivity contribution in [2.75, 3.05) is 0 Å². The third-order valence-corrected chi connectivity index (χ3v) is 2.97. The van der Waals surface area contributed by atoms with E-state index in [4.69, 9.17) is 0 Å². The van der Waals surface area contributed by atoms with Gasteiger partial charge in [0, 0.05) is 12.7 Å². The van der Waals surface area contributed by atoms with Gasteiger partial charge in [0.05, 0.1) is 5.52 Å². The van der Waals surface area contributed by atoms with Crippen LogP contribution in [0.1, 0.15) is 18.4 Å². The summed E-state index contributed by atoms with van der Waals surface area (Å²) < 4.78 is 2.40. The van der Waals surface area contributed by atoms with E-state index in [0.29, 0.717) is 0 Å². The van der Waals surface area contributed by atoms with E-state index in [2.05, 4.69) is 35.0 Å². The lowest BCUT2D eigenvalue weighted by molar-refractivity contribution is 0.645. The van der Waals surface area contributed by atoms with Crippen LogP contribution in [-0.4, -0.2) is 4.57 Å². The monoisotopic (exact) mass is 171 g/mol. The molecule has 2 aromatic rings. The summed E-state index contributed by atoms with van der Waals surface area (Å²) in [6.45, 7) is 1.19. The van der Waals surface area contributed by atoms with Gasteiger partial charge in [-0.05, 0) is 36.3 Å².